The smallest absolute Gasteiger partial charge is 0.289 e. The fraction of sp³-hybridized carbons (Fsp3) is 0.333. The highest BCUT2D eigenvalue weighted by Crippen LogP contribution is 2.31. The van der Waals surface area contributed by atoms with Crippen molar-refractivity contribution < 1.29 is 13.9 Å². The van der Waals surface area contributed by atoms with Crippen molar-refractivity contribution in [2.45, 2.75) is 12.0 Å². The molecule has 0 aromatic heterocycles. The third kappa shape index (κ3) is 3.71. The minimum Gasteiger partial charge on any atom is -0.390 e. The van der Waals surface area contributed by atoms with Crippen molar-refractivity contribution in [1.82, 2.24) is 0 Å². The first-order valence-corrected chi connectivity index (χ1v) is 4.82. The van der Waals surface area contributed by atoms with Crippen LogP contribution in [0, 0.1) is 0 Å². The minimum atomic E-state index is -3.39. The van der Waals surface area contributed by atoms with Crippen molar-refractivity contribution in [3.05, 3.63) is 33.8 Å². The molecule has 1 atom stereocenters. The molecule has 1 rings (SSSR count). The van der Waals surface area contributed by atoms with E-state index in [4.69, 9.17) is 34.0 Å². The SMILES string of the molecule is Cl.N[C@H](c1cc(Cl)cc(Cl)c1)C(F)(F)CO. The third-order valence-electron chi connectivity index (χ3n) is 1.91. The van der Waals surface area contributed by atoms with Crippen LogP contribution in [0.1, 0.15) is 11.6 Å². The van der Waals surface area contributed by atoms with Crippen LogP contribution in [0.25, 0.3) is 0 Å². The van der Waals surface area contributed by atoms with Gasteiger partial charge in [-0.2, -0.15) is 0 Å². The zero-order valence-electron chi connectivity index (χ0n) is 7.96. The van der Waals surface area contributed by atoms with Crippen LogP contribution < -0.4 is 5.73 Å². The van der Waals surface area contributed by atoms with E-state index in [1.54, 1.807) is 0 Å². The van der Waals surface area contributed by atoms with Gasteiger partial charge in [0.05, 0.1) is 6.04 Å². The van der Waals surface area contributed by atoms with Crippen LogP contribution in [0.2, 0.25) is 10.0 Å². The molecule has 0 aliphatic rings. The van der Waals surface area contributed by atoms with Crippen LogP contribution in [0.4, 0.5) is 8.78 Å². The second-order valence-electron chi connectivity index (χ2n) is 3.10. The topological polar surface area (TPSA) is 46.2 Å². The number of aliphatic hydroxyl groups excluding tert-OH is 1. The maximum absolute atomic E-state index is 13.0. The average Bonchev–Trinajstić information content (AvgIpc) is 2.15. The van der Waals surface area contributed by atoms with Crippen molar-refractivity contribution in [3.8, 4) is 0 Å². The molecule has 0 radical (unpaired) electrons. The lowest BCUT2D eigenvalue weighted by atomic mass is 10.0. The highest BCUT2D eigenvalue weighted by Gasteiger charge is 2.37. The largest absolute Gasteiger partial charge is 0.390 e. The van der Waals surface area contributed by atoms with E-state index in [0.29, 0.717) is 0 Å². The molecule has 1 aromatic carbocycles. The molecule has 3 N–H and O–H groups in total. The van der Waals surface area contributed by atoms with Crippen LogP contribution in [-0.2, 0) is 0 Å². The number of nitrogens with two attached hydrogens (primary N) is 1. The van der Waals surface area contributed by atoms with Gasteiger partial charge in [-0.1, -0.05) is 23.2 Å². The van der Waals surface area contributed by atoms with Gasteiger partial charge >= 0.3 is 0 Å². The van der Waals surface area contributed by atoms with Crippen molar-refractivity contribution in [1.29, 1.82) is 0 Å². The average molecular weight is 293 g/mol. The van der Waals surface area contributed by atoms with E-state index >= 15 is 0 Å². The number of benzene rings is 1. The van der Waals surface area contributed by atoms with Gasteiger partial charge in [0.2, 0.25) is 0 Å². The normalized spacial score (nSPS) is 13.1. The zero-order chi connectivity index (χ0) is 11.6. The summed E-state index contributed by atoms with van der Waals surface area (Å²) in [6, 6.07) is 2.37. The molecule has 0 spiro atoms. The Morgan fingerprint density at radius 1 is 1.25 bits per heavy atom. The van der Waals surface area contributed by atoms with Gasteiger partial charge in [-0.3, -0.25) is 0 Å². The van der Waals surface area contributed by atoms with Crippen LogP contribution >= 0.6 is 35.6 Å². The Balaban J connectivity index is 0.00000225. The monoisotopic (exact) mass is 291 g/mol. The van der Waals surface area contributed by atoms with Crippen molar-refractivity contribution in [2.24, 2.45) is 5.73 Å². The van der Waals surface area contributed by atoms with E-state index in [0.717, 1.165) is 0 Å². The summed E-state index contributed by atoms with van der Waals surface area (Å²) >= 11 is 11.3. The maximum atomic E-state index is 13.0. The molecule has 0 aliphatic carbocycles. The summed E-state index contributed by atoms with van der Waals surface area (Å²) in [5, 5.41) is 8.92. The predicted molar refractivity (Wildman–Crippen MR) is 62.7 cm³/mol. The molecule has 7 heteroatoms. The Labute approximate surface area is 108 Å². The lowest BCUT2D eigenvalue weighted by molar-refractivity contribution is -0.0711. The molecule has 0 fully saturated rings. The number of hydrogen-bond acceptors (Lipinski definition) is 2. The standard InChI is InChI=1S/C9H9Cl2F2NO.ClH/c10-6-1-5(2-7(11)3-6)8(14)9(12,13)4-15;/h1-3,8,15H,4,14H2;1H/t8-;/m1./s1. The first-order chi connectivity index (χ1) is 6.86. The fourth-order valence-electron chi connectivity index (χ4n) is 1.10. The van der Waals surface area contributed by atoms with Gasteiger partial charge in [0.25, 0.3) is 5.92 Å². The van der Waals surface area contributed by atoms with Crippen molar-refractivity contribution in [3.63, 3.8) is 0 Å². The number of rotatable bonds is 3. The second kappa shape index (κ2) is 5.98. The molecule has 0 saturated heterocycles. The summed E-state index contributed by atoms with van der Waals surface area (Å²) in [5.74, 6) is -3.39. The number of alkyl halides is 2. The molecule has 1 aromatic rings. The predicted octanol–water partition coefficient (Wildman–Crippen LogP) is 3.04. The Morgan fingerprint density at radius 3 is 2.06 bits per heavy atom. The minimum absolute atomic E-state index is 0. The van der Waals surface area contributed by atoms with Gasteiger partial charge in [-0.15, -0.1) is 12.4 Å². The van der Waals surface area contributed by atoms with Crippen molar-refractivity contribution >= 4 is 35.6 Å². The van der Waals surface area contributed by atoms with Crippen LogP contribution in [0.15, 0.2) is 18.2 Å². The summed E-state index contributed by atoms with van der Waals surface area (Å²) in [4.78, 5) is 0. The number of aliphatic hydroxyl groups is 1. The lowest BCUT2D eigenvalue weighted by Crippen LogP contribution is -2.36. The van der Waals surface area contributed by atoms with Gasteiger partial charge in [0.15, 0.2) is 0 Å². The van der Waals surface area contributed by atoms with E-state index in [1.807, 2.05) is 0 Å². The number of hydrogen-bond donors (Lipinski definition) is 2. The highest BCUT2D eigenvalue weighted by molar-refractivity contribution is 6.34. The first kappa shape index (κ1) is 15.9. The van der Waals surface area contributed by atoms with E-state index in [1.165, 1.54) is 18.2 Å². The quantitative estimate of drug-likeness (QED) is 0.899. The molecule has 0 saturated carbocycles. The van der Waals surface area contributed by atoms with Gasteiger partial charge in [-0.25, -0.2) is 8.78 Å². The molecule has 0 heterocycles. The summed E-state index contributed by atoms with van der Waals surface area (Å²) in [6.07, 6.45) is 0. The Bertz CT molecular complexity index is 342. The van der Waals surface area contributed by atoms with E-state index < -0.39 is 18.6 Å². The fourth-order valence-corrected chi connectivity index (χ4v) is 1.64. The molecule has 0 aliphatic heterocycles. The second-order valence-corrected chi connectivity index (χ2v) is 3.97. The molecule has 0 bridgehead atoms. The van der Waals surface area contributed by atoms with Crippen molar-refractivity contribution in [2.75, 3.05) is 6.61 Å². The number of halogens is 5. The zero-order valence-corrected chi connectivity index (χ0v) is 10.3. The maximum Gasteiger partial charge on any atom is 0.289 e. The Kier molecular flexibility index (Phi) is 5.93. The summed E-state index contributed by atoms with van der Waals surface area (Å²) in [5.41, 5.74) is 5.38. The highest BCUT2D eigenvalue weighted by atomic mass is 35.5. The molecule has 92 valence electrons. The lowest BCUT2D eigenvalue weighted by Gasteiger charge is -2.21. The van der Waals surface area contributed by atoms with Crippen LogP contribution in [0.3, 0.4) is 0 Å². The summed E-state index contributed by atoms with van der Waals surface area (Å²) in [6.45, 7) is -1.32. The van der Waals surface area contributed by atoms with Crippen LogP contribution in [0.5, 0.6) is 0 Å². The van der Waals surface area contributed by atoms with Gasteiger partial charge in [0, 0.05) is 10.0 Å². The summed E-state index contributed by atoms with van der Waals surface area (Å²) in [7, 11) is 0. The Hall–Kier alpha value is -0.130. The van der Waals surface area contributed by atoms with E-state index in [2.05, 4.69) is 0 Å². The van der Waals surface area contributed by atoms with E-state index in [-0.39, 0.29) is 28.0 Å². The molecule has 0 unspecified atom stereocenters. The van der Waals surface area contributed by atoms with Gasteiger partial charge in [-0.05, 0) is 23.8 Å². The Morgan fingerprint density at radius 2 is 1.69 bits per heavy atom. The summed E-state index contributed by atoms with van der Waals surface area (Å²) < 4.78 is 26.1. The molecular formula is C9H10Cl3F2NO. The molecule has 2 nitrogen and oxygen atoms in total. The van der Waals surface area contributed by atoms with Gasteiger partial charge in [0.1, 0.15) is 6.61 Å². The first-order valence-electron chi connectivity index (χ1n) is 4.07. The van der Waals surface area contributed by atoms with E-state index in [9.17, 15) is 8.78 Å². The third-order valence-corrected chi connectivity index (χ3v) is 2.35. The van der Waals surface area contributed by atoms with Crippen LogP contribution in [-0.4, -0.2) is 17.6 Å². The molecule has 0 amide bonds. The van der Waals surface area contributed by atoms with Gasteiger partial charge < -0.3 is 10.8 Å². The molecular weight excluding hydrogens is 282 g/mol. The molecule has 16 heavy (non-hydrogen) atoms.